The molecule has 5 nitrogen and oxygen atoms in total. The van der Waals surface area contributed by atoms with E-state index >= 15 is 0 Å². The third-order valence-electron chi connectivity index (χ3n) is 5.08. The lowest BCUT2D eigenvalue weighted by Gasteiger charge is -2.25. The van der Waals surface area contributed by atoms with Crippen molar-refractivity contribution >= 4 is 22.0 Å². The van der Waals surface area contributed by atoms with E-state index < -0.39 is 0 Å². The fraction of sp³-hybridized carbons (Fsp3) is 0.435. The third-order valence-corrected chi connectivity index (χ3v) is 5.57. The van der Waals surface area contributed by atoms with Crippen molar-refractivity contribution in [1.29, 1.82) is 0 Å². The zero-order valence-electron chi connectivity index (χ0n) is 17.2. The van der Waals surface area contributed by atoms with Crippen molar-refractivity contribution in [3.05, 3.63) is 58.1 Å². The normalized spacial score (nSPS) is 17.2. The van der Waals surface area contributed by atoms with Crippen LogP contribution < -0.4 is 9.47 Å². The number of halogens is 1. The summed E-state index contributed by atoms with van der Waals surface area (Å²) in [5.41, 5.74) is 2.07. The summed E-state index contributed by atoms with van der Waals surface area (Å²) in [6.07, 6.45) is 1.03. The van der Waals surface area contributed by atoms with E-state index in [0.29, 0.717) is 26.2 Å². The number of carbonyl (C=O) groups excluding carboxylic acids is 1. The quantitative estimate of drug-likeness (QED) is 0.476. The Morgan fingerprint density at radius 3 is 2.62 bits per heavy atom. The number of nitrogens with zero attached hydrogens (tertiary/aromatic N) is 1. The first-order valence-electron chi connectivity index (χ1n) is 10.2. The van der Waals surface area contributed by atoms with Crippen LogP contribution in [0.5, 0.6) is 11.5 Å². The molecule has 1 fully saturated rings. The zero-order valence-corrected chi connectivity index (χ0v) is 18.8. The van der Waals surface area contributed by atoms with E-state index in [1.54, 1.807) is 0 Å². The molecule has 2 atom stereocenters. The van der Waals surface area contributed by atoms with Crippen LogP contribution >= 0.6 is 15.9 Å². The topological polar surface area (TPSA) is 48.0 Å². The molecule has 29 heavy (non-hydrogen) atoms. The van der Waals surface area contributed by atoms with Gasteiger partial charge in [-0.25, -0.2) is 4.79 Å². The Labute approximate surface area is 181 Å². The SMILES string of the molecule is CCOc1ccc(C[C@@H](CC)N2C[C@@H](c3cccc(Br)c3)OC2=O)c(OCC)c1. The minimum absolute atomic E-state index is 0.0387. The fourth-order valence-electron chi connectivity index (χ4n) is 3.64. The fourth-order valence-corrected chi connectivity index (χ4v) is 4.05. The van der Waals surface area contributed by atoms with E-state index in [1.807, 2.05) is 61.2 Å². The molecule has 6 heteroatoms. The largest absolute Gasteiger partial charge is 0.494 e. The van der Waals surface area contributed by atoms with Crippen LogP contribution in [-0.2, 0) is 11.2 Å². The molecule has 1 aliphatic rings. The lowest BCUT2D eigenvalue weighted by atomic mass is 10.0. The van der Waals surface area contributed by atoms with E-state index in [9.17, 15) is 4.79 Å². The first kappa shape index (κ1) is 21.5. The maximum absolute atomic E-state index is 12.6. The Bertz CT molecular complexity index is 841. The van der Waals surface area contributed by atoms with E-state index in [2.05, 4.69) is 22.9 Å². The van der Waals surface area contributed by atoms with Crippen LogP contribution in [0.15, 0.2) is 46.9 Å². The highest BCUT2D eigenvalue weighted by atomic mass is 79.9. The van der Waals surface area contributed by atoms with Crippen LogP contribution in [0.3, 0.4) is 0 Å². The lowest BCUT2D eigenvalue weighted by Crippen LogP contribution is -2.37. The number of carbonyl (C=O) groups is 1. The number of cyclic esters (lactones) is 1. The molecule has 0 spiro atoms. The highest BCUT2D eigenvalue weighted by Gasteiger charge is 2.36. The van der Waals surface area contributed by atoms with Crippen LogP contribution in [0.2, 0.25) is 0 Å². The molecule has 1 aliphatic heterocycles. The van der Waals surface area contributed by atoms with E-state index in [0.717, 1.165) is 33.5 Å². The molecule has 0 N–H and O–H groups in total. The van der Waals surface area contributed by atoms with E-state index in [4.69, 9.17) is 14.2 Å². The number of ether oxygens (including phenoxy) is 3. The Balaban J connectivity index is 1.77. The van der Waals surface area contributed by atoms with E-state index in [1.165, 1.54) is 0 Å². The van der Waals surface area contributed by atoms with Crippen LogP contribution in [-0.4, -0.2) is 36.8 Å². The predicted molar refractivity (Wildman–Crippen MR) is 117 cm³/mol. The zero-order chi connectivity index (χ0) is 20.8. The van der Waals surface area contributed by atoms with Gasteiger partial charge in [0.05, 0.1) is 19.8 Å². The number of rotatable bonds is 9. The Hall–Kier alpha value is -2.21. The predicted octanol–water partition coefficient (Wildman–Crippen LogP) is 5.76. The van der Waals surface area contributed by atoms with Crippen molar-refractivity contribution < 1.29 is 19.0 Å². The first-order chi connectivity index (χ1) is 14.0. The summed E-state index contributed by atoms with van der Waals surface area (Å²) in [6.45, 7) is 7.76. The maximum atomic E-state index is 12.6. The summed E-state index contributed by atoms with van der Waals surface area (Å²) >= 11 is 3.49. The molecule has 0 unspecified atom stereocenters. The Kier molecular flexibility index (Phi) is 7.42. The van der Waals surface area contributed by atoms with Gasteiger partial charge in [-0.3, -0.25) is 0 Å². The molecule has 0 aliphatic carbocycles. The molecule has 3 rings (SSSR count). The monoisotopic (exact) mass is 461 g/mol. The number of hydrogen-bond donors (Lipinski definition) is 0. The van der Waals surface area contributed by atoms with E-state index in [-0.39, 0.29) is 18.2 Å². The van der Waals surface area contributed by atoms with Gasteiger partial charge < -0.3 is 19.1 Å². The molecule has 1 amide bonds. The van der Waals surface area contributed by atoms with Gasteiger partial charge in [0.2, 0.25) is 0 Å². The average Bonchev–Trinajstić information content (AvgIpc) is 3.09. The van der Waals surface area contributed by atoms with Gasteiger partial charge >= 0.3 is 6.09 Å². The summed E-state index contributed by atoms with van der Waals surface area (Å²) in [5, 5.41) is 0. The smallest absolute Gasteiger partial charge is 0.410 e. The molecule has 2 aromatic rings. The Morgan fingerprint density at radius 1 is 1.14 bits per heavy atom. The van der Waals surface area contributed by atoms with Gasteiger partial charge in [-0.1, -0.05) is 41.1 Å². The minimum atomic E-state index is -0.259. The number of hydrogen-bond acceptors (Lipinski definition) is 4. The van der Waals surface area contributed by atoms with Crippen molar-refractivity contribution in [1.82, 2.24) is 4.90 Å². The molecule has 156 valence electrons. The molecule has 0 radical (unpaired) electrons. The van der Waals surface area contributed by atoms with Gasteiger partial charge in [-0.15, -0.1) is 0 Å². The van der Waals surface area contributed by atoms with Crippen molar-refractivity contribution in [2.24, 2.45) is 0 Å². The van der Waals surface area contributed by atoms with Crippen molar-refractivity contribution in [2.75, 3.05) is 19.8 Å². The van der Waals surface area contributed by atoms with Gasteiger partial charge in [0, 0.05) is 16.6 Å². The first-order valence-corrected chi connectivity index (χ1v) is 11.0. The third kappa shape index (κ3) is 5.24. The summed E-state index contributed by atoms with van der Waals surface area (Å²) in [5.74, 6) is 1.61. The molecule has 0 aromatic heterocycles. The van der Waals surface area contributed by atoms with Gasteiger partial charge in [0.15, 0.2) is 0 Å². The number of amides is 1. The Morgan fingerprint density at radius 2 is 1.93 bits per heavy atom. The standard InChI is InChI=1S/C23H28BrNO4/c1-4-19(13-17-10-11-20(27-5-2)14-21(17)28-6-3)25-15-22(29-23(25)26)16-8-7-9-18(24)12-16/h7-12,14,19,22H,4-6,13,15H2,1-3H3/t19-,22+/m1/s1. The number of benzene rings is 2. The highest BCUT2D eigenvalue weighted by molar-refractivity contribution is 9.10. The average molecular weight is 462 g/mol. The lowest BCUT2D eigenvalue weighted by molar-refractivity contribution is 0.127. The molecule has 1 saturated heterocycles. The van der Waals surface area contributed by atoms with Crippen molar-refractivity contribution in [3.63, 3.8) is 0 Å². The van der Waals surface area contributed by atoms with Gasteiger partial charge in [0.25, 0.3) is 0 Å². The van der Waals surface area contributed by atoms with Gasteiger partial charge in [-0.05, 0) is 56.0 Å². The van der Waals surface area contributed by atoms with Crippen LogP contribution in [0, 0.1) is 0 Å². The van der Waals surface area contributed by atoms with Crippen LogP contribution in [0.1, 0.15) is 44.4 Å². The maximum Gasteiger partial charge on any atom is 0.410 e. The van der Waals surface area contributed by atoms with Crippen LogP contribution in [0.25, 0.3) is 0 Å². The van der Waals surface area contributed by atoms with Crippen molar-refractivity contribution in [2.45, 2.75) is 45.8 Å². The minimum Gasteiger partial charge on any atom is -0.494 e. The molecule has 1 heterocycles. The molecule has 0 bridgehead atoms. The molecular weight excluding hydrogens is 434 g/mol. The molecule has 0 saturated carbocycles. The summed E-state index contributed by atoms with van der Waals surface area (Å²) in [4.78, 5) is 14.5. The van der Waals surface area contributed by atoms with Gasteiger partial charge in [0.1, 0.15) is 17.6 Å². The summed E-state index contributed by atoms with van der Waals surface area (Å²) in [6, 6.07) is 13.9. The molecule has 2 aromatic carbocycles. The second-order valence-electron chi connectivity index (χ2n) is 6.98. The van der Waals surface area contributed by atoms with Crippen LogP contribution in [0.4, 0.5) is 4.79 Å². The highest BCUT2D eigenvalue weighted by Crippen LogP contribution is 2.32. The summed E-state index contributed by atoms with van der Waals surface area (Å²) < 4.78 is 18.1. The molecular formula is C23H28BrNO4. The van der Waals surface area contributed by atoms with Gasteiger partial charge in [-0.2, -0.15) is 0 Å². The second-order valence-corrected chi connectivity index (χ2v) is 7.90. The summed E-state index contributed by atoms with van der Waals surface area (Å²) in [7, 11) is 0. The second kappa shape index (κ2) is 10.0. The van der Waals surface area contributed by atoms with Crippen molar-refractivity contribution in [3.8, 4) is 11.5 Å².